The highest BCUT2D eigenvalue weighted by molar-refractivity contribution is 6.29. The summed E-state index contributed by atoms with van der Waals surface area (Å²) in [5.74, 6) is -0.620. The molecule has 2 heterocycles. The summed E-state index contributed by atoms with van der Waals surface area (Å²) in [5, 5.41) is 11.7. The van der Waals surface area contributed by atoms with Crippen molar-refractivity contribution < 1.29 is 14.6 Å². The number of ether oxygens (including phenoxy) is 1. The minimum Gasteiger partial charge on any atom is -0.413 e. The molecule has 0 aromatic carbocycles. The third kappa shape index (κ3) is 1.43. The first-order valence-electron chi connectivity index (χ1n) is 3.48. The molecule has 68 valence electrons. The molecule has 2 rings (SSSR count). The van der Waals surface area contributed by atoms with Gasteiger partial charge in [0.05, 0.1) is 17.4 Å². The number of aliphatic hydroxyl groups is 1. The van der Waals surface area contributed by atoms with Crippen LogP contribution in [0.15, 0.2) is 12.3 Å². The summed E-state index contributed by atoms with van der Waals surface area (Å²) in [6.07, 6.45) is 0.0457. The number of carbonyl (C=O) groups is 1. The highest BCUT2D eigenvalue weighted by Crippen LogP contribution is 2.23. The van der Waals surface area contributed by atoms with Gasteiger partial charge in [0.25, 0.3) is 6.41 Å². The van der Waals surface area contributed by atoms with Gasteiger partial charge in [-0.15, -0.1) is 0 Å². The van der Waals surface area contributed by atoms with Gasteiger partial charge in [-0.3, -0.25) is 0 Å². The van der Waals surface area contributed by atoms with Crippen LogP contribution in [-0.4, -0.2) is 22.5 Å². The molecular weight excluding hydrogens is 196 g/mol. The molecule has 0 amide bonds. The lowest BCUT2D eigenvalue weighted by molar-refractivity contribution is -0.0502. The standard InChI is InChI=1S/C7H5ClN2O3/c8-5-1-3-4(2-9-5)10-7(12)13-6(3)11/h1-2,7,10,12H/t7-/m1/s1. The van der Waals surface area contributed by atoms with Crippen molar-refractivity contribution >= 4 is 23.3 Å². The first-order chi connectivity index (χ1) is 6.16. The zero-order valence-electron chi connectivity index (χ0n) is 6.32. The van der Waals surface area contributed by atoms with Gasteiger partial charge >= 0.3 is 5.97 Å². The topological polar surface area (TPSA) is 71.5 Å². The van der Waals surface area contributed by atoms with Crippen LogP contribution in [0.2, 0.25) is 5.15 Å². The predicted molar refractivity (Wildman–Crippen MR) is 44.3 cm³/mol. The first kappa shape index (κ1) is 8.28. The molecule has 6 heteroatoms. The molecule has 0 aliphatic carbocycles. The summed E-state index contributed by atoms with van der Waals surface area (Å²) < 4.78 is 4.49. The van der Waals surface area contributed by atoms with Crippen LogP contribution in [0, 0.1) is 0 Å². The molecular formula is C7H5ClN2O3. The lowest BCUT2D eigenvalue weighted by Gasteiger charge is -2.21. The van der Waals surface area contributed by atoms with Crippen molar-refractivity contribution in [2.75, 3.05) is 5.32 Å². The normalized spacial score (nSPS) is 20.2. The molecule has 0 fully saturated rings. The van der Waals surface area contributed by atoms with Crippen LogP contribution < -0.4 is 5.32 Å². The van der Waals surface area contributed by atoms with Crippen LogP contribution >= 0.6 is 11.6 Å². The number of anilines is 1. The monoisotopic (exact) mass is 200 g/mol. The van der Waals surface area contributed by atoms with E-state index < -0.39 is 12.4 Å². The fourth-order valence-electron chi connectivity index (χ4n) is 1.04. The molecule has 0 spiro atoms. The Morgan fingerprint density at radius 1 is 1.69 bits per heavy atom. The number of aliphatic hydroxyl groups excluding tert-OH is 1. The van der Waals surface area contributed by atoms with Crippen molar-refractivity contribution in [3.63, 3.8) is 0 Å². The maximum absolute atomic E-state index is 11.1. The Morgan fingerprint density at radius 2 is 2.46 bits per heavy atom. The molecule has 13 heavy (non-hydrogen) atoms. The van der Waals surface area contributed by atoms with Gasteiger partial charge in [-0.05, 0) is 6.07 Å². The van der Waals surface area contributed by atoms with Gasteiger partial charge in [0.15, 0.2) is 0 Å². The van der Waals surface area contributed by atoms with E-state index in [9.17, 15) is 4.79 Å². The van der Waals surface area contributed by atoms with Gasteiger partial charge in [0, 0.05) is 0 Å². The predicted octanol–water partition coefficient (Wildman–Crippen LogP) is 0.593. The quantitative estimate of drug-likeness (QED) is 0.474. The molecule has 1 aromatic rings. The van der Waals surface area contributed by atoms with E-state index in [1.54, 1.807) is 0 Å². The Labute approximate surface area is 78.3 Å². The number of nitrogens with one attached hydrogen (secondary N) is 1. The third-order valence-corrected chi connectivity index (χ3v) is 1.79. The smallest absolute Gasteiger partial charge is 0.344 e. The van der Waals surface area contributed by atoms with Crippen LogP contribution in [0.25, 0.3) is 0 Å². The van der Waals surface area contributed by atoms with Crippen molar-refractivity contribution in [2.24, 2.45) is 0 Å². The van der Waals surface area contributed by atoms with Gasteiger partial charge in [-0.25, -0.2) is 9.78 Å². The van der Waals surface area contributed by atoms with Crippen molar-refractivity contribution in [1.29, 1.82) is 0 Å². The molecule has 1 aliphatic heterocycles. The van der Waals surface area contributed by atoms with Gasteiger partial charge in [0.1, 0.15) is 5.15 Å². The Morgan fingerprint density at radius 3 is 3.23 bits per heavy atom. The molecule has 0 unspecified atom stereocenters. The molecule has 0 radical (unpaired) electrons. The second-order valence-corrected chi connectivity index (χ2v) is 2.84. The number of halogens is 1. The molecule has 1 aliphatic rings. The number of cyclic esters (lactones) is 1. The van der Waals surface area contributed by atoms with Crippen molar-refractivity contribution in [1.82, 2.24) is 4.98 Å². The summed E-state index contributed by atoms with van der Waals surface area (Å²) >= 11 is 5.57. The number of pyridine rings is 1. The lowest BCUT2D eigenvalue weighted by atomic mass is 10.2. The van der Waals surface area contributed by atoms with Gasteiger partial charge in [-0.1, -0.05) is 11.6 Å². The lowest BCUT2D eigenvalue weighted by Crippen LogP contribution is -2.31. The second kappa shape index (κ2) is 2.86. The van der Waals surface area contributed by atoms with E-state index in [1.807, 2.05) is 0 Å². The molecule has 1 atom stereocenters. The molecule has 2 N–H and O–H groups in total. The van der Waals surface area contributed by atoms with Crippen molar-refractivity contribution in [3.05, 3.63) is 23.0 Å². The molecule has 0 saturated carbocycles. The number of carbonyl (C=O) groups excluding carboxylic acids is 1. The molecule has 5 nitrogen and oxygen atoms in total. The fourth-order valence-corrected chi connectivity index (χ4v) is 1.20. The van der Waals surface area contributed by atoms with Crippen LogP contribution in [-0.2, 0) is 4.74 Å². The van der Waals surface area contributed by atoms with Crippen LogP contribution in [0.4, 0.5) is 5.69 Å². The summed E-state index contributed by atoms with van der Waals surface area (Å²) in [7, 11) is 0. The number of hydrogen-bond donors (Lipinski definition) is 2. The Hall–Kier alpha value is -1.33. The van der Waals surface area contributed by atoms with E-state index in [4.69, 9.17) is 16.7 Å². The summed E-state index contributed by atoms with van der Waals surface area (Å²) in [5.41, 5.74) is 0.679. The maximum atomic E-state index is 11.1. The average Bonchev–Trinajstić information content (AvgIpc) is 2.06. The van der Waals surface area contributed by atoms with E-state index in [0.717, 1.165) is 0 Å². The van der Waals surface area contributed by atoms with E-state index in [2.05, 4.69) is 15.0 Å². The zero-order chi connectivity index (χ0) is 9.42. The van der Waals surface area contributed by atoms with Gasteiger partial charge in [0.2, 0.25) is 0 Å². The first-order valence-corrected chi connectivity index (χ1v) is 3.86. The summed E-state index contributed by atoms with van der Waals surface area (Å²) in [6.45, 7) is 0. The fraction of sp³-hybridized carbons (Fsp3) is 0.143. The maximum Gasteiger partial charge on any atom is 0.344 e. The summed E-state index contributed by atoms with van der Waals surface area (Å²) in [4.78, 5) is 14.9. The van der Waals surface area contributed by atoms with Gasteiger partial charge < -0.3 is 15.2 Å². The number of esters is 1. The Bertz CT molecular complexity index is 369. The molecule has 1 aromatic heterocycles. The highest BCUT2D eigenvalue weighted by Gasteiger charge is 2.24. The number of hydrogen-bond acceptors (Lipinski definition) is 5. The highest BCUT2D eigenvalue weighted by atomic mass is 35.5. The van der Waals surface area contributed by atoms with E-state index in [-0.39, 0.29) is 10.7 Å². The number of rotatable bonds is 0. The average molecular weight is 201 g/mol. The van der Waals surface area contributed by atoms with Crippen molar-refractivity contribution in [2.45, 2.75) is 6.41 Å². The number of aromatic nitrogens is 1. The van der Waals surface area contributed by atoms with Crippen LogP contribution in [0.1, 0.15) is 10.4 Å². The van der Waals surface area contributed by atoms with Crippen LogP contribution in [0.3, 0.4) is 0 Å². The van der Waals surface area contributed by atoms with E-state index >= 15 is 0 Å². The van der Waals surface area contributed by atoms with E-state index in [0.29, 0.717) is 5.69 Å². The second-order valence-electron chi connectivity index (χ2n) is 2.45. The minimum absolute atomic E-state index is 0.203. The van der Waals surface area contributed by atoms with Gasteiger partial charge in [-0.2, -0.15) is 0 Å². The largest absolute Gasteiger partial charge is 0.413 e. The molecule has 0 bridgehead atoms. The van der Waals surface area contributed by atoms with Crippen LogP contribution in [0.5, 0.6) is 0 Å². The number of nitrogens with zero attached hydrogens (tertiary/aromatic N) is 1. The minimum atomic E-state index is -1.32. The Balaban J connectivity index is 2.49. The zero-order valence-corrected chi connectivity index (χ0v) is 7.08. The number of fused-ring (bicyclic) bond motifs is 1. The SMILES string of the molecule is O=C1O[C@@H](O)Nc2cnc(Cl)cc21. The third-order valence-electron chi connectivity index (χ3n) is 1.59. The Kier molecular flexibility index (Phi) is 1.82. The molecule has 0 saturated heterocycles. The van der Waals surface area contributed by atoms with Crippen molar-refractivity contribution in [3.8, 4) is 0 Å². The summed E-state index contributed by atoms with van der Waals surface area (Å²) in [6, 6.07) is 1.37. The van der Waals surface area contributed by atoms with E-state index in [1.165, 1.54) is 12.3 Å².